The Morgan fingerprint density at radius 1 is 1.00 bits per heavy atom. The first-order chi connectivity index (χ1) is 18.7. The molecule has 1 aliphatic heterocycles. The molecule has 0 spiro atoms. The van der Waals surface area contributed by atoms with Gasteiger partial charge in [-0.1, -0.05) is 30.3 Å². The summed E-state index contributed by atoms with van der Waals surface area (Å²) in [5, 5.41) is 4.79. The number of nitrogens with two attached hydrogens (primary N) is 1. The fourth-order valence-corrected chi connectivity index (χ4v) is 4.28. The van der Waals surface area contributed by atoms with E-state index < -0.39 is 73.8 Å². The molecule has 8 nitrogen and oxygen atoms in total. The van der Waals surface area contributed by atoms with E-state index >= 15 is 0 Å². The summed E-state index contributed by atoms with van der Waals surface area (Å²) in [5.41, 5.74) is 6.68. The number of nitrogens with zero attached hydrogens (tertiary/aromatic N) is 1. The fourth-order valence-electron chi connectivity index (χ4n) is 4.28. The van der Waals surface area contributed by atoms with Gasteiger partial charge in [-0.3, -0.25) is 14.4 Å². The molecule has 2 aromatic rings. The van der Waals surface area contributed by atoms with Crippen LogP contribution in [0.5, 0.6) is 5.75 Å². The van der Waals surface area contributed by atoms with Crippen molar-refractivity contribution in [3.63, 3.8) is 0 Å². The third-order valence-corrected chi connectivity index (χ3v) is 6.24. The number of halogens is 6. The van der Waals surface area contributed by atoms with E-state index in [1.165, 1.54) is 13.2 Å². The molecular formula is C26H26F6N4O4. The highest BCUT2D eigenvalue weighted by molar-refractivity contribution is 6.20. The molecule has 0 aliphatic carbocycles. The predicted octanol–water partition coefficient (Wildman–Crippen LogP) is 4.33. The molecule has 0 radical (unpaired) electrons. The normalized spacial score (nSPS) is 17.0. The molecule has 2 aromatic carbocycles. The lowest BCUT2D eigenvalue weighted by Crippen LogP contribution is -2.48. The molecule has 1 unspecified atom stereocenters. The lowest BCUT2D eigenvalue weighted by atomic mass is 9.83. The Morgan fingerprint density at radius 3 is 2.15 bits per heavy atom. The largest absolute Gasteiger partial charge is 0.497 e. The maximum absolute atomic E-state index is 13.2. The molecule has 1 heterocycles. The van der Waals surface area contributed by atoms with Crippen molar-refractivity contribution >= 4 is 29.1 Å². The Bertz CT molecular complexity index is 1260. The van der Waals surface area contributed by atoms with Crippen LogP contribution in [-0.4, -0.2) is 49.1 Å². The SMILES string of the molecule is COc1ccc2c(c1)NC(=O)C(NC(=O)[C@H](CCC(F)(F)F)[C@H](CCC(F)(F)F)C(N)=O)N=C2c1ccccc1. The van der Waals surface area contributed by atoms with Gasteiger partial charge in [-0.05, 0) is 25.0 Å². The fraction of sp³-hybridized carbons (Fsp3) is 0.385. The number of ether oxygens (including phenoxy) is 1. The summed E-state index contributed by atoms with van der Waals surface area (Å²) in [7, 11) is 1.41. The molecule has 0 fully saturated rings. The summed E-state index contributed by atoms with van der Waals surface area (Å²) >= 11 is 0. The van der Waals surface area contributed by atoms with Gasteiger partial charge in [0.15, 0.2) is 0 Å². The van der Waals surface area contributed by atoms with Crippen LogP contribution in [0.25, 0.3) is 0 Å². The lowest BCUT2D eigenvalue weighted by Gasteiger charge is -2.26. The highest BCUT2D eigenvalue weighted by Gasteiger charge is 2.40. The molecule has 3 amide bonds. The van der Waals surface area contributed by atoms with Gasteiger partial charge in [0.1, 0.15) is 5.75 Å². The quantitative estimate of drug-likeness (QED) is 0.367. The molecule has 4 N–H and O–H groups in total. The number of nitrogens with one attached hydrogen (secondary N) is 2. The zero-order valence-corrected chi connectivity index (χ0v) is 21.1. The number of hydrogen-bond acceptors (Lipinski definition) is 5. The number of benzene rings is 2. The van der Waals surface area contributed by atoms with Crippen molar-refractivity contribution in [3.05, 3.63) is 59.7 Å². The van der Waals surface area contributed by atoms with E-state index in [0.717, 1.165) is 0 Å². The van der Waals surface area contributed by atoms with Crippen LogP contribution < -0.4 is 21.1 Å². The van der Waals surface area contributed by atoms with Crippen LogP contribution in [0.2, 0.25) is 0 Å². The van der Waals surface area contributed by atoms with Crippen LogP contribution in [-0.2, 0) is 14.4 Å². The molecule has 0 bridgehead atoms. The number of benzodiazepines with no additional fused rings is 1. The average Bonchev–Trinajstić information content (AvgIpc) is 3.00. The first kappa shape index (κ1) is 30.4. The molecule has 1 aliphatic rings. The third kappa shape index (κ3) is 8.20. The van der Waals surface area contributed by atoms with Gasteiger partial charge in [-0.25, -0.2) is 4.99 Å². The number of hydrogen-bond donors (Lipinski definition) is 3. The first-order valence-electron chi connectivity index (χ1n) is 12.0. The van der Waals surface area contributed by atoms with Crippen molar-refractivity contribution in [1.29, 1.82) is 0 Å². The van der Waals surface area contributed by atoms with Gasteiger partial charge in [0.05, 0.1) is 18.5 Å². The van der Waals surface area contributed by atoms with Crippen molar-refractivity contribution in [2.24, 2.45) is 22.6 Å². The number of alkyl halides is 6. The predicted molar refractivity (Wildman–Crippen MR) is 132 cm³/mol. The minimum Gasteiger partial charge on any atom is -0.497 e. The zero-order chi connectivity index (χ0) is 29.7. The van der Waals surface area contributed by atoms with E-state index in [9.17, 15) is 40.7 Å². The van der Waals surface area contributed by atoms with Crippen LogP contribution in [0.3, 0.4) is 0 Å². The Balaban J connectivity index is 1.99. The van der Waals surface area contributed by atoms with Crippen LogP contribution >= 0.6 is 0 Å². The molecule has 0 aromatic heterocycles. The second-order valence-electron chi connectivity index (χ2n) is 9.08. The molecule has 0 saturated carbocycles. The summed E-state index contributed by atoms with van der Waals surface area (Å²) < 4.78 is 82.9. The minimum atomic E-state index is -4.77. The molecule has 3 rings (SSSR count). The van der Waals surface area contributed by atoms with Gasteiger partial charge in [0.2, 0.25) is 18.0 Å². The third-order valence-electron chi connectivity index (χ3n) is 6.24. The number of anilines is 1. The monoisotopic (exact) mass is 572 g/mol. The highest BCUT2D eigenvalue weighted by Crippen LogP contribution is 2.33. The second kappa shape index (κ2) is 12.4. The number of aliphatic imine (C=N–C) groups is 1. The Labute approximate surface area is 225 Å². The van der Waals surface area contributed by atoms with Crippen LogP contribution in [0.4, 0.5) is 32.0 Å². The average molecular weight is 573 g/mol. The number of carbonyl (C=O) groups is 3. The van der Waals surface area contributed by atoms with Crippen LogP contribution in [0.1, 0.15) is 36.8 Å². The summed E-state index contributed by atoms with van der Waals surface area (Å²) in [6, 6.07) is 13.2. The number of methoxy groups -OCH3 is 1. The topological polar surface area (TPSA) is 123 Å². The van der Waals surface area contributed by atoms with Gasteiger partial charge in [0.25, 0.3) is 5.91 Å². The van der Waals surface area contributed by atoms with Gasteiger partial charge in [0, 0.05) is 41.9 Å². The van der Waals surface area contributed by atoms with E-state index in [0.29, 0.717) is 16.9 Å². The summed E-state index contributed by atoms with van der Waals surface area (Å²) in [6.07, 6.45) is -16.4. The minimum absolute atomic E-state index is 0.234. The maximum Gasteiger partial charge on any atom is 0.389 e. The first-order valence-corrected chi connectivity index (χ1v) is 12.0. The molecule has 3 atom stereocenters. The Morgan fingerprint density at radius 2 is 1.60 bits per heavy atom. The van der Waals surface area contributed by atoms with E-state index in [-0.39, 0.29) is 11.4 Å². The van der Waals surface area contributed by atoms with E-state index in [2.05, 4.69) is 15.6 Å². The van der Waals surface area contributed by atoms with E-state index in [1.54, 1.807) is 42.5 Å². The van der Waals surface area contributed by atoms with E-state index in [1.807, 2.05) is 0 Å². The molecule has 14 heteroatoms. The maximum atomic E-state index is 13.2. The number of amides is 3. The number of primary amides is 1. The standard InChI is InChI=1S/C26H26F6N4O4/c1-40-15-7-8-18-19(13-15)34-24(39)22(35-20(18)14-5-3-2-4-6-14)36-23(38)17(10-12-26(30,31)32)16(21(33)37)9-11-25(27,28)29/h2-8,13,16-17,22H,9-12H2,1H3,(H2,33,37)(H,34,39)(H,36,38)/t16-,17+,22?/m0/s1. The number of carbonyl (C=O) groups excluding carboxylic acids is 3. The van der Waals surface area contributed by atoms with Crippen LogP contribution in [0.15, 0.2) is 53.5 Å². The van der Waals surface area contributed by atoms with Gasteiger partial charge >= 0.3 is 12.4 Å². The second-order valence-corrected chi connectivity index (χ2v) is 9.08. The van der Waals surface area contributed by atoms with E-state index in [4.69, 9.17) is 10.5 Å². The Hall–Kier alpha value is -4.10. The number of fused-ring (bicyclic) bond motifs is 1. The molecule has 40 heavy (non-hydrogen) atoms. The van der Waals surface area contributed by atoms with Crippen molar-refractivity contribution < 1.29 is 45.5 Å². The van der Waals surface area contributed by atoms with Crippen LogP contribution in [0, 0.1) is 11.8 Å². The van der Waals surface area contributed by atoms with Crippen molar-refractivity contribution in [2.75, 3.05) is 12.4 Å². The van der Waals surface area contributed by atoms with Crippen molar-refractivity contribution in [2.45, 2.75) is 44.2 Å². The highest BCUT2D eigenvalue weighted by atomic mass is 19.4. The lowest BCUT2D eigenvalue weighted by molar-refractivity contribution is -0.152. The summed E-state index contributed by atoms with van der Waals surface area (Å²) in [6.45, 7) is 0. The molecule has 216 valence electrons. The molecular weight excluding hydrogens is 546 g/mol. The Kier molecular flexibility index (Phi) is 9.43. The van der Waals surface area contributed by atoms with Crippen molar-refractivity contribution in [1.82, 2.24) is 5.32 Å². The smallest absolute Gasteiger partial charge is 0.389 e. The number of rotatable bonds is 10. The summed E-state index contributed by atoms with van der Waals surface area (Å²) in [4.78, 5) is 42.7. The van der Waals surface area contributed by atoms with Crippen molar-refractivity contribution in [3.8, 4) is 5.75 Å². The summed E-state index contributed by atoms with van der Waals surface area (Å²) in [5.74, 6) is -6.92. The van der Waals surface area contributed by atoms with Gasteiger partial charge in [-0.2, -0.15) is 26.3 Å². The molecule has 0 saturated heterocycles. The van der Waals surface area contributed by atoms with Gasteiger partial charge in [-0.15, -0.1) is 0 Å². The zero-order valence-electron chi connectivity index (χ0n) is 21.1. The van der Waals surface area contributed by atoms with Gasteiger partial charge < -0.3 is 21.1 Å².